The highest BCUT2D eigenvalue weighted by molar-refractivity contribution is 5.09. The van der Waals surface area contributed by atoms with E-state index in [9.17, 15) is 0 Å². The van der Waals surface area contributed by atoms with Gasteiger partial charge in [-0.15, -0.1) is 0 Å². The summed E-state index contributed by atoms with van der Waals surface area (Å²) in [5.74, 6) is 0.989. The van der Waals surface area contributed by atoms with Crippen molar-refractivity contribution in [3.05, 3.63) is 24.0 Å². The molecule has 0 rings (SSSR count). The van der Waals surface area contributed by atoms with Crippen molar-refractivity contribution >= 4 is 0 Å². The second-order valence-electron chi connectivity index (χ2n) is 3.45. The average molecular weight is 196 g/mol. The summed E-state index contributed by atoms with van der Waals surface area (Å²) in [5.41, 5.74) is 0. The highest BCUT2D eigenvalue weighted by atomic mass is 16.5. The molecule has 0 spiro atoms. The van der Waals surface area contributed by atoms with Gasteiger partial charge in [0.2, 0.25) is 0 Å². The predicted octanol–water partition coefficient (Wildman–Crippen LogP) is 4.45. The van der Waals surface area contributed by atoms with Gasteiger partial charge >= 0.3 is 0 Å². The second-order valence-corrected chi connectivity index (χ2v) is 3.45. The third-order valence-corrected chi connectivity index (χ3v) is 2.13. The second kappa shape index (κ2) is 10.4. The van der Waals surface area contributed by atoms with Crippen LogP contribution in [0.3, 0.4) is 0 Å². The molecule has 0 aromatic rings. The first-order chi connectivity index (χ1) is 6.85. The van der Waals surface area contributed by atoms with Gasteiger partial charge in [-0.1, -0.05) is 38.7 Å². The molecule has 82 valence electrons. The van der Waals surface area contributed by atoms with E-state index in [2.05, 4.69) is 6.92 Å². The van der Waals surface area contributed by atoms with Gasteiger partial charge in [-0.05, 0) is 32.4 Å². The van der Waals surface area contributed by atoms with Crippen LogP contribution in [0, 0.1) is 0 Å². The highest BCUT2D eigenvalue weighted by Crippen LogP contribution is 2.05. The monoisotopic (exact) mass is 196 g/mol. The Morgan fingerprint density at radius 1 is 1.07 bits per heavy atom. The molecule has 1 heteroatoms. The first-order valence-electron chi connectivity index (χ1n) is 5.77. The molecule has 0 saturated heterocycles. The van der Waals surface area contributed by atoms with E-state index in [0.29, 0.717) is 0 Å². The Morgan fingerprint density at radius 2 is 1.79 bits per heavy atom. The Morgan fingerprint density at radius 3 is 2.36 bits per heavy atom. The maximum atomic E-state index is 5.59. The Balaban J connectivity index is 3.34. The minimum atomic E-state index is 0.855. The molecule has 0 aromatic heterocycles. The van der Waals surface area contributed by atoms with Gasteiger partial charge in [-0.2, -0.15) is 0 Å². The minimum Gasteiger partial charge on any atom is -0.494 e. The largest absolute Gasteiger partial charge is 0.494 e. The number of hydrogen-bond acceptors (Lipinski definition) is 1. The van der Waals surface area contributed by atoms with Crippen LogP contribution >= 0.6 is 0 Å². The van der Waals surface area contributed by atoms with Crippen molar-refractivity contribution in [1.29, 1.82) is 0 Å². The molecule has 0 radical (unpaired) electrons. The average Bonchev–Trinajstić information content (AvgIpc) is 2.21. The van der Waals surface area contributed by atoms with Gasteiger partial charge < -0.3 is 4.74 Å². The molecule has 0 bridgehead atoms. The Hall–Kier alpha value is -0.720. The summed E-state index contributed by atoms with van der Waals surface area (Å²) in [4.78, 5) is 0. The number of hydrogen-bond donors (Lipinski definition) is 0. The number of ether oxygens (including phenoxy) is 1. The standard InChI is InChI=1S/C13H24O/c1-4-7-8-9-10-12-14-13(6-3)11-5-2/h5-6,11H,4,7-10,12H2,1-3H3. The molecule has 0 aromatic carbocycles. The quantitative estimate of drug-likeness (QED) is 0.316. The van der Waals surface area contributed by atoms with Crippen molar-refractivity contribution in [2.75, 3.05) is 6.61 Å². The zero-order valence-electron chi connectivity index (χ0n) is 9.88. The maximum Gasteiger partial charge on any atom is 0.114 e. The van der Waals surface area contributed by atoms with Crippen molar-refractivity contribution in [1.82, 2.24) is 0 Å². The topological polar surface area (TPSA) is 9.23 Å². The molecule has 0 atom stereocenters. The van der Waals surface area contributed by atoms with E-state index in [-0.39, 0.29) is 0 Å². The van der Waals surface area contributed by atoms with E-state index < -0.39 is 0 Å². The predicted molar refractivity (Wildman–Crippen MR) is 63.3 cm³/mol. The summed E-state index contributed by atoms with van der Waals surface area (Å²) < 4.78 is 5.59. The van der Waals surface area contributed by atoms with Crippen molar-refractivity contribution in [3.63, 3.8) is 0 Å². The zero-order valence-corrected chi connectivity index (χ0v) is 9.88. The third-order valence-electron chi connectivity index (χ3n) is 2.13. The summed E-state index contributed by atoms with van der Waals surface area (Å²) in [5, 5.41) is 0. The van der Waals surface area contributed by atoms with E-state index in [4.69, 9.17) is 4.74 Å². The lowest BCUT2D eigenvalue weighted by Crippen LogP contribution is -1.93. The van der Waals surface area contributed by atoms with Gasteiger partial charge in [0.05, 0.1) is 6.61 Å². The van der Waals surface area contributed by atoms with E-state index >= 15 is 0 Å². The molecule has 0 amide bonds. The first kappa shape index (κ1) is 13.3. The summed E-state index contributed by atoms with van der Waals surface area (Å²) in [6, 6.07) is 0. The highest BCUT2D eigenvalue weighted by Gasteiger charge is 1.92. The molecule has 0 aliphatic rings. The van der Waals surface area contributed by atoms with E-state index in [1.54, 1.807) is 0 Å². The normalized spacial score (nSPS) is 12.4. The third kappa shape index (κ3) is 7.90. The van der Waals surface area contributed by atoms with Crippen LogP contribution in [0.2, 0.25) is 0 Å². The van der Waals surface area contributed by atoms with Crippen molar-refractivity contribution in [2.24, 2.45) is 0 Å². The van der Waals surface area contributed by atoms with Gasteiger partial charge in [0.1, 0.15) is 5.76 Å². The fraction of sp³-hybridized carbons (Fsp3) is 0.692. The molecule has 0 fully saturated rings. The van der Waals surface area contributed by atoms with Crippen molar-refractivity contribution in [3.8, 4) is 0 Å². The maximum absolute atomic E-state index is 5.59. The van der Waals surface area contributed by atoms with Crippen LogP contribution in [0.15, 0.2) is 24.0 Å². The van der Waals surface area contributed by atoms with Gasteiger partial charge in [0.25, 0.3) is 0 Å². The SMILES string of the molecule is CC=CC(=CC)OCCCCCCC. The molecular weight excluding hydrogens is 172 g/mol. The number of allylic oxidation sites excluding steroid dienone is 3. The zero-order chi connectivity index (χ0) is 10.6. The molecule has 14 heavy (non-hydrogen) atoms. The molecule has 0 aliphatic carbocycles. The fourth-order valence-corrected chi connectivity index (χ4v) is 1.29. The summed E-state index contributed by atoms with van der Waals surface area (Å²) in [7, 11) is 0. The lowest BCUT2D eigenvalue weighted by molar-refractivity contribution is 0.216. The van der Waals surface area contributed by atoms with E-state index in [1.807, 2.05) is 32.1 Å². The molecule has 1 nitrogen and oxygen atoms in total. The van der Waals surface area contributed by atoms with Crippen LogP contribution in [0.1, 0.15) is 52.9 Å². The molecular formula is C13H24O. The van der Waals surface area contributed by atoms with Gasteiger partial charge in [0.15, 0.2) is 0 Å². The van der Waals surface area contributed by atoms with E-state index in [1.165, 1.54) is 32.1 Å². The van der Waals surface area contributed by atoms with Crippen LogP contribution in [-0.4, -0.2) is 6.61 Å². The lowest BCUT2D eigenvalue weighted by Gasteiger charge is -2.05. The van der Waals surface area contributed by atoms with E-state index in [0.717, 1.165) is 12.4 Å². The van der Waals surface area contributed by atoms with Crippen LogP contribution in [0.4, 0.5) is 0 Å². The van der Waals surface area contributed by atoms with Gasteiger partial charge in [0, 0.05) is 0 Å². The molecule has 0 saturated carbocycles. The van der Waals surface area contributed by atoms with Crippen molar-refractivity contribution in [2.45, 2.75) is 52.9 Å². The van der Waals surface area contributed by atoms with Crippen LogP contribution < -0.4 is 0 Å². The van der Waals surface area contributed by atoms with Crippen LogP contribution in [0.25, 0.3) is 0 Å². The Labute approximate surface area is 88.9 Å². The van der Waals surface area contributed by atoms with Gasteiger partial charge in [-0.3, -0.25) is 0 Å². The smallest absolute Gasteiger partial charge is 0.114 e. The van der Waals surface area contributed by atoms with Gasteiger partial charge in [-0.25, -0.2) is 0 Å². The number of rotatable bonds is 8. The molecule has 0 N–H and O–H groups in total. The van der Waals surface area contributed by atoms with Crippen LogP contribution in [0.5, 0.6) is 0 Å². The molecule has 0 unspecified atom stereocenters. The first-order valence-corrected chi connectivity index (χ1v) is 5.77. The van der Waals surface area contributed by atoms with Crippen molar-refractivity contribution < 1.29 is 4.74 Å². The summed E-state index contributed by atoms with van der Waals surface area (Å²) in [6.07, 6.45) is 12.5. The summed E-state index contributed by atoms with van der Waals surface area (Å²) in [6.45, 7) is 7.11. The lowest BCUT2D eigenvalue weighted by atomic mass is 10.2. The molecule has 0 heterocycles. The minimum absolute atomic E-state index is 0.855. The fourth-order valence-electron chi connectivity index (χ4n) is 1.29. The Bertz CT molecular complexity index is 168. The Kier molecular flexibility index (Phi) is 9.83. The molecule has 0 aliphatic heterocycles. The van der Waals surface area contributed by atoms with Crippen LogP contribution in [-0.2, 0) is 4.74 Å². The summed E-state index contributed by atoms with van der Waals surface area (Å²) >= 11 is 0. The number of unbranched alkanes of at least 4 members (excludes halogenated alkanes) is 4.